The van der Waals surface area contributed by atoms with E-state index in [1.807, 2.05) is 13.8 Å². The number of para-hydroxylation sites is 2. The molecule has 3 aromatic rings. The van der Waals surface area contributed by atoms with Gasteiger partial charge in [0.15, 0.2) is 0 Å². The first-order chi connectivity index (χ1) is 15.2. The maximum Gasteiger partial charge on any atom is 0.319 e. The van der Waals surface area contributed by atoms with Gasteiger partial charge in [0.1, 0.15) is 0 Å². The fourth-order valence-electron chi connectivity index (χ4n) is 2.85. The zero-order chi connectivity index (χ0) is 23.1. The molecule has 9 heteroatoms. The van der Waals surface area contributed by atoms with Gasteiger partial charge in [0.05, 0.1) is 16.3 Å². The van der Waals surface area contributed by atoms with Crippen LogP contribution in [0.3, 0.4) is 0 Å². The molecule has 4 N–H and O–H groups in total. The first kappa shape index (κ1) is 22.8. The fraction of sp³-hybridized carbons (Fsp3) is 0.130. The molecule has 0 unspecified atom stereocenters. The van der Waals surface area contributed by atoms with Gasteiger partial charge in [-0.2, -0.15) is 0 Å². The predicted octanol–water partition coefficient (Wildman–Crippen LogP) is 4.27. The molecule has 0 bridgehead atoms. The number of anilines is 3. The van der Waals surface area contributed by atoms with Crippen molar-refractivity contribution in [2.45, 2.75) is 24.8 Å². The lowest BCUT2D eigenvalue weighted by atomic mass is 10.2. The number of rotatable bonds is 7. The highest BCUT2D eigenvalue weighted by Crippen LogP contribution is 2.23. The van der Waals surface area contributed by atoms with Crippen LogP contribution in [0, 0.1) is 0 Å². The monoisotopic (exact) mass is 452 g/mol. The average molecular weight is 453 g/mol. The highest BCUT2D eigenvalue weighted by Gasteiger charge is 2.16. The Hall–Kier alpha value is -3.85. The average Bonchev–Trinajstić information content (AvgIpc) is 2.75. The van der Waals surface area contributed by atoms with E-state index >= 15 is 0 Å². The van der Waals surface area contributed by atoms with E-state index in [0.717, 1.165) is 0 Å². The van der Waals surface area contributed by atoms with Crippen LogP contribution >= 0.6 is 0 Å². The minimum absolute atomic E-state index is 0.0424. The van der Waals surface area contributed by atoms with Gasteiger partial charge in [-0.15, -0.1) is 0 Å². The van der Waals surface area contributed by atoms with Gasteiger partial charge in [0, 0.05) is 17.3 Å². The lowest BCUT2D eigenvalue weighted by molar-refractivity contribution is 0.102. The highest BCUT2D eigenvalue weighted by atomic mass is 32.2. The van der Waals surface area contributed by atoms with Gasteiger partial charge in [-0.25, -0.2) is 13.2 Å². The maximum absolute atomic E-state index is 12.8. The number of hydrogen-bond acceptors (Lipinski definition) is 4. The summed E-state index contributed by atoms with van der Waals surface area (Å²) in [4.78, 5) is 24.9. The van der Waals surface area contributed by atoms with Gasteiger partial charge < -0.3 is 16.0 Å². The van der Waals surface area contributed by atoms with Gasteiger partial charge in [-0.05, 0) is 56.3 Å². The van der Waals surface area contributed by atoms with Crippen LogP contribution in [0.1, 0.15) is 24.2 Å². The third-order valence-electron chi connectivity index (χ3n) is 4.27. The third-order valence-corrected chi connectivity index (χ3v) is 5.67. The molecule has 0 aliphatic carbocycles. The number of nitrogens with one attached hydrogen (secondary N) is 4. The smallest absolute Gasteiger partial charge is 0.319 e. The Morgan fingerprint density at radius 2 is 1.41 bits per heavy atom. The molecular weight excluding hydrogens is 428 g/mol. The van der Waals surface area contributed by atoms with Crippen LogP contribution in [0.5, 0.6) is 0 Å². The van der Waals surface area contributed by atoms with Crippen LogP contribution in [-0.2, 0) is 10.0 Å². The van der Waals surface area contributed by atoms with Crippen LogP contribution in [0.15, 0.2) is 83.8 Å². The molecule has 0 saturated heterocycles. The van der Waals surface area contributed by atoms with E-state index in [2.05, 4.69) is 20.7 Å². The Labute approximate surface area is 187 Å². The molecule has 0 radical (unpaired) electrons. The molecular formula is C23H24N4O4S. The molecule has 0 aliphatic heterocycles. The summed E-state index contributed by atoms with van der Waals surface area (Å²) >= 11 is 0. The molecule has 0 aliphatic rings. The van der Waals surface area contributed by atoms with E-state index in [1.54, 1.807) is 60.7 Å². The molecule has 0 heterocycles. The Bertz CT molecular complexity index is 1210. The summed E-state index contributed by atoms with van der Waals surface area (Å²) in [6, 6.07) is 20.5. The largest absolute Gasteiger partial charge is 0.336 e. The zero-order valence-corrected chi connectivity index (χ0v) is 18.4. The van der Waals surface area contributed by atoms with Crippen molar-refractivity contribution < 1.29 is 18.0 Å². The molecule has 3 aromatic carbocycles. The Kier molecular flexibility index (Phi) is 7.11. The van der Waals surface area contributed by atoms with Gasteiger partial charge in [0.25, 0.3) is 15.9 Å². The predicted molar refractivity (Wildman–Crippen MR) is 125 cm³/mol. The van der Waals surface area contributed by atoms with E-state index in [0.29, 0.717) is 11.4 Å². The van der Waals surface area contributed by atoms with Crippen molar-refractivity contribution in [2.24, 2.45) is 0 Å². The molecule has 166 valence electrons. The number of carbonyl (C=O) groups excluding carboxylic acids is 2. The van der Waals surface area contributed by atoms with Crippen LogP contribution in [0.25, 0.3) is 0 Å². The topological polar surface area (TPSA) is 116 Å². The number of carbonyl (C=O) groups is 2. The second-order valence-electron chi connectivity index (χ2n) is 7.25. The second-order valence-corrected chi connectivity index (χ2v) is 8.93. The van der Waals surface area contributed by atoms with Crippen molar-refractivity contribution in [2.75, 3.05) is 15.4 Å². The molecule has 0 saturated carbocycles. The third kappa shape index (κ3) is 6.08. The van der Waals surface area contributed by atoms with E-state index in [9.17, 15) is 18.0 Å². The van der Waals surface area contributed by atoms with Crippen LogP contribution in [0.2, 0.25) is 0 Å². The Balaban J connectivity index is 1.75. The van der Waals surface area contributed by atoms with Gasteiger partial charge in [-0.3, -0.25) is 9.52 Å². The van der Waals surface area contributed by atoms with Crippen molar-refractivity contribution in [1.29, 1.82) is 0 Å². The van der Waals surface area contributed by atoms with Crippen LogP contribution in [0.4, 0.5) is 21.9 Å². The fourth-order valence-corrected chi connectivity index (χ4v) is 3.92. The number of hydrogen-bond donors (Lipinski definition) is 4. The number of urea groups is 1. The lowest BCUT2D eigenvalue weighted by Gasteiger charge is -2.14. The molecule has 32 heavy (non-hydrogen) atoms. The normalized spacial score (nSPS) is 11.0. The summed E-state index contributed by atoms with van der Waals surface area (Å²) in [7, 11) is -3.78. The molecule has 0 atom stereocenters. The number of sulfonamides is 1. The SMILES string of the molecule is CC(C)NC(=O)Nc1ccccc1NC(=O)c1cccc(NS(=O)(=O)c2ccccc2)c1. The van der Waals surface area contributed by atoms with Gasteiger partial charge in [-0.1, -0.05) is 36.4 Å². The van der Waals surface area contributed by atoms with E-state index in [-0.39, 0.29) is 28.2 Å². The second kappa shape index (κ2) is 9.97. The zero-order valence-electron chi connectivity index (χ0n) is 17.6. The minimum atomic E-state index is -3.78. The van der Waals surface area contributed by atoms with Crippen molar-refractivity contribution in [3.05, 3.63) is 84.4 Å². The van der Waals surface area contributed by atoms with Crippen molar-refractivity contribution >= 4 is 39.0 Å². The Morgan fingerprint density at radius 1 is 0.781 bits per heavy atom. The molecule has 3 rings (SSSR count). The molecule has 3 amide bonds. The van der Waals surface area contributed by atoms with Crippen LogP contribution in [-0.4, -0.2) is 26.4 Å². The lowest BCUT2D eigenvalue weighted by Crippen LogP contribution is -2.34. The summed E-state index contributed by atoms with van der Waals surface area (Å²) < 4.78 is 27.6. The van der Waals surface area contributed by atoms with Gasteiger partial charge in [0.2, 0.25) is 0 Å². The first-order valence-corrected chi connectivity index (χ1v) is 11.4. The van der Waals surface area contributed by atoms with Gasteiger partial charge >= 0.3 is 6.03 Å². The molecule has 0 spiro atoms. The summed E-state index contributed by atoms with van der Waals surface area (Å²) in [6.45, 7) is 3.68. The molecule has 0 fully saturated rings. The standard InChI is InChI=1S/C23H24N4O4S/c1-16(2)24-23(29)26-21-14-7-6-13-20(21)25-22(28)17-9-8-10-18(15-17)27-32(30,31)19-11-4-3-5-12-19/h3-16,27H,1-2H3,(H,25,28)(H2,24,26,29). The summed E-state index contributed by atoms with van der Waals surface area (Å²) in [5.41, 5.74) is 1.34. The highest BCUT2D eigenvalue weighted by molar-refractivity contribution is 7.92. The quantitative estimate of drug-likeness (QED) is 0.428. The number of benzene rings is 3. The van der Waals surface area contributed by atoms with Crippen molar-refractivity contribution in [3.63, 3.8) is 0 Å². The summed E-state index contributed by atoms with van der Waals surface area (Å²) in [5, 5.41) is 8.17. The maximum atomic E-state index is 12.8. The molecule has 0 aromatic heterocycles. The summed E-state index contributed by atoms with van der Waals surface area (Å²) in [5.74, 6) is -0.454. The molecule has 8 nitrogen and oxygen atoms in total. The van der Waals surface area contributed by atoms with E-state index < -0.39 is 15.9 Å². The van der Waals surface area contributed by atoms with E-state index in [1.165, 1.54) is 18.2 Å². The van der Waals surface area contributed by atoms with Crippen molar-refractivity contribution in [3.8, 4) is 0 Å². The van der Waals surface area contributed by atoms with Crippen molar-refractivity contribution in [1.82, 2.24) is 5.32 Å². The van der Waals surface area contributed by atoms with E-state index in [4.69, 9.17) is 0 Å². The first-order valence-electron chi connectivity index (χ1n) is 9.90. The van der Waals surface area contributed by atoms with Crippen LogP contribution < -0.4 is 20.7 Å². The number of amides is 3. The Morgan fingerprint density at radius 3 is 2.06 bits per heavy atom. The summed E-state index contributed by atoms with van der Waals surface area (Å²) in [6.07, 6.45) is 0. The minimum Gasteiger partial charge on any atom is -0.336 e.